The molecule has 0 amide bonds. The number of benzene rings is 2. The summed E-state index contributed by atoms with van der Waals surface area (Å²) in [7, 11) is 0. The van der Waals surface area contributed by atoms with Crippen molar-refractivity contribution in [2.24, 2.45) is 0 Å². The number of carbonyl (C=O) groups excluding carboxylic acids is 1. The van der Waals surface area contributed by atoms with Gasteiger partial charge in [-0.1, -0.05) is 30.3 Å². The number of aryl methyl sites for hydroxylation is 1. The van der Waals surface area contributed by atoms with Gasteiger partial charge in [0, 0.05) is 12.3 Å². The molecule has 102 valence electrons. The van der Waals surface area contributed by atoms with Gasteiger partial charge in [-0.15, -0.1) is 0 Å². The molecule has 0 saturated heterocycles. The average Bonchev–Trinajstić information content (AvgIpc) is 2.87. The molecule has 0 fully saturated rings. The van der Waals surface area contributed by atoms with E-state index in [0.717, 1.165) is 30.5 Å². The van der Waals surface area contributed by atoms with Gasteiger partial charge in [0.15, 0.2) is 11.6 Å². The molecule has 0 aromatic heterocycles. The van der Waals surface area contributed by atoms with Crippen LogP contribution in [0.4, 0.5) is 8.78 Å². The van der Waals surface area contributed by atoms with Crippen LogP contribution >= 0.6 is 0 Å². The van der Waals surface area contributed by atoms with E-state index in [1.165, 1.54) is 11.6 Å². The Kier molecular flexibility index (Phi) is 3.35. The maximum absolute atomic E-state index is 13.2. The van der Waals surface area contributed by atoms with Crippen LogP contribution < -0.4 is 0 Å². The second-order valence-corrected chi connectivity index (χ2v) is 5.18. The zero-order valence-corrected chi connectivity index (χ0v) is 10.9. The van der Waals surface area contributed by atoms with Crippen molar-refractivity contribution in [2.45, 2.75) is 25.2 Å². The number of hydrogen-bond donors (Lipinski definition) is 0. The first kappa shape index (κ1) is 13.0. The fraction of sp³-hybridized carbons (Fsp3) is 0.235. The van der Waals surface area contributed by atoms with E-state index in [1.54, 1.807) is 0 Å². The third-order valence-corrected chi connectivity index (χ3v) is 3.88. The molecule has 2 aromatic carbocycles. The van der Waals surface area contributed by atoms with Gasteiger partial charge in [-0.3, -0.25) is 4.79 Å². The third kappa shape index (κ3) is 2.36. The summed E-state index contributed by atoms with van der Waals surface area (Å²) in [4.78, 5) is 12.4. The minimum absolute atomic E-state index is 0.0703. The molecule has 0 saturated carbocycles. The Morgan fingerprint density at radius 2 is 1.90 bits per heavy atom. The number of rotatable bonds is 3. The predicted molar refractivity (Wildman–Crippen MR) is 72.6 cm³/mol. The second-order valence-electron chi connectivity index (χ2n) is 5.18. The molecule has 1 unspecified atom stereocenters. The standard InChI is InChI=1S/C17H14F2O/c18-15-8-5-11(9-16(15)19)10-17(20)14-7-6-12-3-1-2-4-13(12)14/h1-5,8-9,14H,6-7,10H2. The van der Waals surface area contributed by atoms with Gasteiger partial charge in [-0.05, 0) is 41.7 Å². The number of hydrogen-bond acceptors (Lipinski definition) is 1. The van der Waals surface area contributed by atoms with Crippen molar-refractivity contribution in [1.82, 2.24) is 0 Å². The van der Waals surface area contributed by atoms with Gasteiger partial charge in [-0.25, -0.2) is 8.78 Å². The van der Waals surface area contributed by atoms with Crippen LogP contribution in [0.1, 0.15) is 29.0 Å². The molecule has 3 rings (SSSR count). The van der Waals surface area contributed by atoms with Crippen molar-refractivity contribution in [2.75, 3.05) is 0 Å². The lowest BCUT2D eigenvalue weighted by atomic mass is 9.92. The molecule has 2 aromatic rings. The highest BCUT2D eigenvalue weighted by molar-refractivity contribution is 5.88. The zero-order chi connectivity index (χ0) is 14.1. The summed E-state index contributed by atoms with van der Waals surface area (Å²) < 4.78 is 26.0. The van der Waals surface area contributed by atoms with Gasteiger partial charge in [-0.2, -0.15) is 0 Å². The van der Waals surface area contributed by atoms with Crippen molar-refractivity contribution >= 4 is 5.78 Å². The first-order valence-electron chi connectivity index (χ1n) is 6.69. The van der Waals surface area contributed by atoms with Crippen molar-refractivity contribution in [3.63, 3.8) is 0 Å². The lowest BCUT2D eigenvalue weighted by Crippen LogP contribution is -2.12. The molecular weight excluding hydrogens is 258 g/mol. The van der Waals surface area contributed by atoms with Crippen molar-refractivity contribution in [3.8, 4) is 0 Å². The summed E-state index contributed by atoms with van der Waals surface area (Å²) in [6, 6.07) is 11.6. The molecule has 1 atom stereocenters. The van der Waals surface area contributed by atoms with Crippen LogP contribution in [-0.4, -0.2) is 5.78 Å². The number of halogens is 2. The van der Waals surface area contributed by atoms with Crippen LogP contribution in [0.3, 0.4) is 0 Å². The Morgan fingerprint density at radius 1 is 1.10 bits per heavy atom. The monoisotopic (exact) mass is 272 g/mol. The predicted octanol–water partition coefficient (Wildman–Crippen LogP) is 3.81. The highest BCUT2D eigenvalue weighted by atomic mass is 19.2. The van der Waals surface area contributed by atoms with E-state index in [0.29, 0.717) is 5.56 Å². The van der Waals surface area contributed by atoms with E-state index in [-0.39, 0.29) is 18.1 Å². The fourth-order valence-electron chi connectivity index (χ4n) is 2.87. The summed E-state index contributed by atoms with van der Waals surface area (Å²) in [5.41, 5.74) is 2.83. The quantitative estimate of drug-likeness (QED) is 0.830. The van der Waals surface area contributed by atoms with Gasteiger partial charge in [0.2, 0.25) is 0 Å². The summed E-state index contributed by atoms with van der Waals surface area (Å²) in [6.07, 6.45) is 1.86. The molecule has 0 bridgehead atoms. The van der Waals surface area contributed by atoms with Crippen molar-refractivity contribution < 1.29 is 13.6 Å². The SMILES string of the molecule is O=C(Cc1ccc(F)c(F)c1)C1CCc2ccccc21. The first-order valence-corrected chi connectivity index (χ1v) is 6.69. The van der Waals surface area contributed by atoms with Crippen LogP contribution in [0.2, 0.25) is 0 Å². The Bertz CT molecular complexity index is 664. The number of Topliss-reactive ketones (excluding diaryl/α,β-unsaturated/α-hetero) is 1. The summed E-state index contributed by atoms with van der Waals surface area (Å²) in [6.45, 7) is 0. The average molecular weight is 272 g/mol. The summed E-state index contributed by atoms with van der Waals surface area (Å²) in [5.74, 6) is -1.82. The van der Waals surface area contributed by atoms with Crippen LogP contribution in [-0.2, 0) is 17.6 Å². The Morgan fingerprint density at radius 3 is 2.70 bits per heavy atom. The molecule has 0 heterocycles. The third-order valence-electron chi connectivity index (χ3n) is 3.88. The molecule has 20 heavy (non-hydrogen) atoms. The molecule has 1 aliphatic carbocycles. The minimum Gasteiger partial charge on any atom is -0.299 e. The lowest BCUT2D eigenvalue weighted by molar-refractivity contribution is -0.119. The zero-order valence-electron chi connectivity index (χ0n) is 10.9. The van der Waals surface area contributed by atoms with E-state index in [1.807, 2.05) is 24.3 Å². The minimum atomic E-state index is -0.901. The summed E-state index contributed by atoms with van der Waals surface area (Å²) >= 11 is 0. The largest absolute Gasteiger partial charge is 0.299 e. The van der Waals surface area contributed by atoms with Gasteiger partial charge in [0.05, 0.1) is 0 Å². The second kappa shape index (κ2) is 5.16. The fourth-order valence-corrected chi connectivity index (χ4v) is 2.87. The lowest BCUT2D eigenvalue weighted by Gasteiger charge is -2.10. The molecular formula is C17H14F2O. The van der Waals surface area contributed by atoms with E-state index in [4.69, 9.17) is 0 Å². The van der Waals surface area contributed by atoms with Crippen LogP contribution in [0.15, 0.2) is 42.5 Å². The Balaban J connectivity index is 1.79. The molecule has 0 spiro atoms. The molecule has 1 aliphatic rings. The topological polar surface area (TPSA) is 17.1 Å². The highest BCUT2D eigenvalue weighted by Crippen LogP contribution is 2.34. The van der Waals surface area contributed by atoms with E-state index >= 15 is 0 Å². The van der Waals surface area contributed by atoms with Crippen molar-refractivity contribution in [1.29, 1.82) is 0 Å². The maximum atomic E-state index is 13.2. The number of ketones is 1. The molecule has 0 aliphatic heterocycles. The smallest absolute Gasteiger partial charge is 0.159 e. The van der Waals surface area contributed by atoms with Gasteiger partial charge in [0.25, 0.3) is 0 Å². The van der Waals surface area contributed by atoms with E-state index in [9.17, 15) is 13.6 Å². The molecule has 1 nitrogen and oxygen atoms in total. The van der Waals surface area contributed by atoms with E-state index in [2.05, 4.69) is 0 Å². The van der Waals surface area contributed by atoms with Crippen molar-refractivity contribution in [3.05, 3.63) is 70.8 Å². The van der Waals surface area contributed by atoms with Gasteiger partial charge < -0.3 is 0 Å². The van der Waals surface area contributed by atoms with Crippen LogP contribution in [0.25, 0.3) is 0 Å². The summed E-state index contributed by atoms with van der Waals surface area (Å²) in [5, 5.41) is 0. The van der Waals surface area contributed by atoms with Crippen LogP contribution in [0.5, 0.6) is 0 Å². The highest BCUT2D eigenvalue weighted by Gasteiger charge is 2.27. The van der Waals surface area contributed by atoms with Crippen LogP contribution in [0, 0.1) is 11.6 Å². The number of carbonyl (C=O) groups is 1. The van der Waals surface area contributed by atoms with Gasteiger partial charge >= 0.3 is 0 Å². The molecule has 0 N–H and O–H groups in total. The van der Waals surface area contributed by atoms with Gasteiger partial charge in [0.1, 0.15) is 5.78 Å². The number of fused-ring (bicyclic) bond motifs is 1. The van der Waals surface area contributed by atoms with E-state index < -0.39 is 11.6 Å². The Labute approximate surface area is 116 Å². The normalized spacial score (nSPS) is 17.0. The Hall–Kier alpha value is -2.03. The molecule has 3 heteroatoms. The molecule has 0 radical (unpaired) electrons. The maximum Gasteiger partial charge on any atom is 0.159 e. The first-order chi connectivity index (χ1) is 9.65.